The molecule has 0 bridgehead atoms. The van der Waals surface area contributed by atoms with Gasteiger partial charge in [-0.25, -0.2) is 0 Å². The Balaban J connectivity index is 1.52. The average molecular weight is 488 g/mol. The summed E-state index contributed by atoms with van der Waals surface area (Å²) in [6.07, 6.45) is 1.07. The summed E-state index contributed by atoms with van der Waals surface area (Å²) >= 11 is 3.40. The van der Waals surface area contributed by atoms with Crippen molar-refractivity contribution in [1.29, 1.82) is 0 Å². The van der Waals surface area contributed by atoms with Crippen LogP contribution in [-0.2, 0) is 14.4 Å². The van der Waals surface area contributed by atoms with E-state index in [1.807, 2.05) is 32.0 Å². The third-order valence-corrected chi connectivity index (χ3v) is 5.52. The van der Waals surface area contributed by atoms with Crippen LogP contribution in [0, 0.1) is 12.8 Å². The number of carbonyl (C=O) groups excluding carboxylic acids is 3. The zero-order valence-corrected chi connectivity index (χ0v) is 19.2. The lowest BCUT2D eigenvalue weighted by Gasteiger charge is -2.17. The van der Waals surface area contributed by atoms with E-state index in [4.69, 9.17) is 4.74 Å². The second-order valence-electron chi connectivity index (χ2n) is 7.49. The van der Waals surface area contributed by atoms with Crippen molar-refractivity contribution in [3.8, 4) is 5.75 Å². The van der Waals surface area contributed by atoms with Crippen molar-refractivity contribution in [1.82, 2.24) is 5.32 Å². The fourth-order valence-corrected chi connectivity index (χ4v) is 3.83. The molecular formula is C23H26BrN3O4. The van der Waals surface area contributed by atoms with Crippen LogP contribution in [0.4, 0.5) is 11.4 Å². The van der Waals surface area contributed by atoms with Gasteiger partial charge in [0.15, 0.2) is 6.61 Å². The lowest BCUT2D eigenvalue weighted by atomic mass is 10.1. The van der Waals surface area contributed by atoms with Crippen LogP contribution in [0.2, 0.25) is 0 Å². The Morgan fingerprint density at radius 2 is 1.94 bits per heavy atom. The predicted molar refractivity (Wildman–Crippen MR) is 123 cm³/mol. The summed E-state index contributed by atoms with van der Waals surface area (Å²) < 4.78 is 6.51. The number of nitrogens with zero attached hydrogens (tertiary/aromatic N) is 1. The van der Waals surface area contributed by atoms with E-state index >= 15 is 0 Å². The molecular weight excluding hydrogens is 462 g/mol. The SMILES string of the molecule is CCCNC(=O)C1CC(=O)N(c2ccc(OCC(=O)Nc3ccc(Br)cc3C)cc2)C1. The molecule has 0 saturated carbocycles. The van der Waals surface area contributed by atoms with Gasteiger partial charge in [0, 0.05) is 35.4 Å². The number of halogens is 1. The fourth-order valence-electron chi connectivity index (χ4n) is 3.35. The molecule has 164 valence electrons. The standard InChI is InChI=1S/C23H26BrN3O4/c1-3-10-25-23(30)16-12-22(29)27(13-16)18-5-7-19(8-6-18)31-14-21(28)26-20-9-4-17(24)11-15(20)2/h4-9,11,16H,3,10,12-14H2,1-2H3,(H,25,30)(H,26,28). The van der Waals surface area contributed by atoms with E-state index in [1.54, 1.807) is 29.2 Å². The highest BCUT2D eigenvalue weighted by atomic mass is 79.9. The third kappa shape index (κ3) is 6.07. The number of hydrogen-bond donors (Lipinski definition) is 2. The van der Waals surface area contributed by atoms with Crippen LogP contribution in [0.3, 0.4) is 0 Å². The predicted octanol–water partition coefficient (Wildman–Crippen LogP) is 3.65. The molecule has 2 aromatic carbocycles. The fraction of sp³-hybridized carbons (Fsp3) is 0.348. The van der Waals surface area contributed by atoms with Gasteiger partial charge in [0.25, 0.3) is 5.91 Å². The van der Waals surface area contributed by atoms with Crippen molar-refractivity contribution in [2.75, 3.05) is 29.9 Å². The number of carbonyl (C=O) groups is 3. The molecule has 0 aliphatic carbocycles. The molecule has 0 aromatic heterocycles. The number of nitrogens with one attached hydrogen (secondary N) is 2. The molecule has 0 spiro atoms. The molecule has 2 aromatic rings. The Morgan fingerprint density at radius 1 is 1.19 bits per heavy atom. The van der Waals surface area contributed by atoms with Crippen molar-refractivity contribution >= 4 is 45.0 Å². The quantitative estimate of drug-likeness (QED) is 0.594. The van der Waals surface area contributed by atoms with Gasteiger partial charge in [-0.2, -0.15) is 0 Å². The van der Waals surface area contributed by atoms with Crippen molar-refractivity contribution in [2.24, 2.45) is 5.92 Å². The first-order valence-electron chi connectivity index (χ1n) is 10.2. The number of ether oxygens (including phenoxy) is 1. The molecule has 1 atom stereocenters. The Morgan fingerprint density at radius 3 is 2.61 bits per heavy atom. The summed E-state index contributed by atoms with van der Waals surface area (Å²) in [6, 6.07) is 12.6. The smallest absolute Gasteiger partial charge is 0.262 e. The van der Waals surface area contributed by atoms with E-state index in [-0.39, 0.29) is 36.7 Å². The van der Waals surface area contributed by atoms with Crippen molar-refractivity contribution in [3.63, 3.8) is 0 Å². The molecule has 2 N–H and O–H groups in total. The maximum atomic E-state index is 12.3. The highest BCUT2D eigenvalue weighted by molar-refractivity contribution is 9.10. The molecule has 1 heterocycles. The molecule has 1 fully saturated rings. The molecule has 1 saturated heterocycles. The molecule has 3 rings (SSSR count). The lowest BCUT2D eigenvalue weighted by molar-refractivity contribution is -0.126. The van der Waals surface area contributed by atoms with Gasteiger partial charge >= 0.3 is 0 Å². The Labute approximate surface area is 190 Å². The van der Waals surface area contributed by atoms with E-state index in [9.17, 15) is 14.4 Å². The van der Waals surface area contributed by atoms with Crippen LogP contribution in [-0.4, -0.2) is 37.4 Å². The Bertz CT molecular complexity index is 962. The summed E-state index contributed by atoms with van der Waals surface area (Å²) in [7, 11) is 0. The third-order valence-electron chi connectivity index (χ3n) is 5.03. The van der Waals surface area contributed by atoms with Crippen molar-refractivity contribution in [3.05, 3.63) is 52.5 Å². The van der Waals surface area contributed by atoms with Gasteiger partial charge in [0.1, 0.15) is 5.75 Å². The van der Waals surface area contributed by atoms with Crippen LogP contribution in [0.5, 0.6) is 5.75 Å². The topological polar surface area (TPSA) is 87.7 Å². The molecule has 0 radical (unpaired) electrons. The second-order valence-corrected chi connectivity index (χ2v) is 8.40. The first-order valence-corrected chi connectivity index (χ1v) is 11.0. The van der Waals surface area contributed by atoms with Crippen LogP contribution in [0.25, 0.3) is 0 Å². The maximum absolute atomic E-state index is 12.3. The second kappa shape index (κ2) is 10.4. The first kappa shape index (κ1) is 22.8. The number of aryl methyl sites for hydroxylation is 1. The molecule has 31 heavy (non-hydrogen) atoms. The Hall–Kier alpha value is -2.87. The van der Waals surface area contributed by atoms with Crippen molar-refractivity contribution in [2.45, 2.75) is 26.7 Å². The largest absolute Gasteiger partial charge is 0.484 e. The summed E-state index contributed by atoms with van der Waals surface area (Å²) in [5.74, 6) is -0.222. The number of benzene rings is 2. The number of rotatable bonds is 8. The van der Waals surface area contributed by atoms with Gasteiger partial charge in [-0.15, -0.1) is 0 Å². The van der Waals surface area contributed by atoms with E-state index in [1.165, 1.54) is 0 Å². The molecule has 8 heteroatoms. The molecule has 1 unspecified atom stereocenters. The van der Waals surface area contributed by atoms with Crippen LogP contribution in [0.1, 0.15) is 25.3 Å². The van der Waals surface area contributed by atoms with Gasteiger partial charge in [-0.05, 0) is 61.4 Å². The highest BCUT2D eigenvalue weighted by Crippen LogP contribution is 2.27. The van der Waals surface area contributed by atoms with Gasteiger partial charge in [-0.3, -0.25) is 14.4 Å². The van der Waals surface area contributed by atoms with E-state index < -0.39 is 0 Å². The summed E-state index contributed by atoms with van der Waals surface area (Å²) in [5, 5.41) is 5.67. The van der Waals surface area contributed by atoms with Crippen LogP contribution in [0.15, 0.2) is 46.9 Å². The normalized spacial score (nSPS) is 15.6. The minimum Gasteiger partial charge on any atom is -0.484 e. The van der Waals surface area contributed by atoms with E-state index in [2.05, 4.69) is 26.6 Å². The van der Waals surface area contributed by atoms with Crippen molar-refractivity contribution < 1.29 is 19.1 Å². The molecule has 3 amide bonds. The summed E-state index contributed by atoms with van der Waals surface area (Å²) in [6.45, 7) is 4.75. The lowest BCUT2D eigenvalue weighted by Crippen LogP contribution is -2.33. The minimum absolute atomic E-state index is 0.0745. The Kier molecular flexibility index (Phi) is 7.68. The highest BCUT2D eigenvalue weighted by Gasteiger charge is 2.34. The summed E-state index contributed by atoms with van der Waals surface area (Å²) in [4.78, 5) is 38.3. The van der Waals surface area contributed by atoms with Gasteiger partial charge in [0.05, 0.1) is 5.92 Å². The maximum Gasteiger partial charge on any atom is 0.262 e. The zero-order valence-electron chi connectivity index (χ0n) is 17.6. The molecule has 7 nitrogen and oxygen atoms in total. The average Bonchev–Trinajstić information content (AvgIpc) is 3.14. The zero-order chi connectivity index (χ0) is 22.4. The number of amides is 3. The summed E-state index contributed by atoms with van der Waals surface area (Å²) in [5.41, 5.74) is 2.39. The number of hydrogen-bond acceptors (Lipinski definition) is 4. The van der Waals surface area contributed by atoms with Gasteiger partial charge in [-0.1, -0.05) is 22.9 Å². The van der Waals surface area contributed by atoms with Gasteiger partial charge < -0.3 is 20.3 Å². The van der Waals surface area contributed by atoms with E-state index in [0.29, 0.717) is 24.5 Å². The van der Waals surface area contributed by atoms with E-state index in [0.717, 1.165) is 22.1 Å². The van der Waals surface area contributed by atoms with Crippen LogP contribution >= 0.6 is 15.9 Å². The monoisotopic (exact) mass is 487 g/mol. The number of anilines is 2. The minimum atomic E-state index is -0.333. The van der Waals surface area contributed by atoms with Gasteiger partial charge in [0.2, 0.25) is 11.8 Å². The van der Waals surface area contributed by atoms with Crippen LogP contribution < -0.4 is 20.3 Å². The molecule has 1 aliphatic heterocycles. The first-order chi connectivity index (χ1) is 14.9. The molecule has 1 aliphatic rings.